The van der Waals surface area contributed by atoms with Crippen molar-refractivity contribution in [3.63, 3.8) is 0 Å². The summed E-state index contributed by atoms with van der Waals surface area (Å²) >= 11 is 6.88. The van der Waals surface area contributed by atoms with Crippen LogP contribution in [0.1, 0.15) is 29.5 Å². The van der Waals surface area contributed by atoms with Crippen LogP contribution in [0, 0.1) is 6.92 Å². The molecule has 1 atom stereocenters. The number of alkyl halides is 1. The normalized spacial score (nSPS) is 18.2. The lowest BCUT2D eigenvalue weighted by Gasteiger charge is -2.12. The number of oxime groups is 1. The Morgan fingerprint density at radius 2 is 2.20 bits per heavy atom. The van der Waals surface area contributed by atoms with Gasteiger partial charge in [-0.05, 0) is 30.5 Å². The van der Waals surface area contributed by atoms with Crippen LogP contribution in [-0.2, 0) is 21.3 Å². The molecule has 20 heavy (non-hydrogen) atoms. The minimum absolute atomic E-state index is 0.0287. The van der Waals surface area contributed by atoms with Gasteiger partial charge < -0.3 is 4.84 Å². The lowest BCUT2D eigenvalue weighted by Crippen LogP contribution is -2.12. The van der Waals surface area contributed by atoms with Crippen LogP contribution in [-0.4, -0.2) is 25.6 Å². The first-order valence-electron chi connectivity index (χ1n) is 6.21. The van der Waals surface area contributed by atoms with Crippen molar-refractivity contribution in [1.82, 2.24) is 0 Å². The molecule has 1 aliphatic heterocycles. The van der Waals surface area contributed by atoms with Gasteiger partial charge in [-0.15, -0.1) is 0 Å². The highest BCUT2D eigenvalue weighted by Crippen LogP contribution is 2.29. The lowest BCUT2D eigenvalue weighted by molar-refractivity contribution is 0.0840. The maximum absolute atomic E-state index is 11.0. The molecule has 0 N–H and O–H groups in total. The first-order chi connectivity index (χ1) is 9.52. The number of hydrogen-bond donors (Lipinski definition) is 1. The Hall–Kier alpha value is -0.400. The first-order valence-corrected chi connectivity index (χ1v) is 9.49. The molecule has 0 aliphatic carbocycles. The zero-order valence-electron chi connectivity index (χ0n) is 10.9. The second-order valence-corrected chi connectivity index (χ2v) is 7.27. The summed E-state index contributed by atoms with van der Waals surface area (Å²) in [5.41, 5.74) is 3.52. The summed E-state index contributed by atoms with van der Waals surface area (Å²) in [4.78, 5) is 5.41. The Morgan fingerprint density at radius 1 is 1.45 bits per heavy atom. The molecule has 0 saturated carbocycles. The fourth-order valence-corrected chi connectivity index (χ4v) is 3.65. The van der Waals surface area contributed by atoms with E-state index < -0.39 is 10.7 Å². The summed E-state index contributed by atoms with van der Waals surface area (Å²) in [7, 11) is -2.47. The molecule has 2 rings (SSSR count). The van der Waals surface area contributed by atoms with Gasteiger partial charge in [0, 0.05) is 21.8 Å². The van der Waals surface area contributed by atoms with Crippen molar-refractivity contribution in [1.29, 1.82) is 0 Å². The fraction of sp³-hybridized carbons (Fsp3) is 0.462. The molecule has 1 heterocycles. The van der Waals surface area contributed by atoms with Crippen LogP contribution in [0.4, 0.5) is 0 Å². The molecule has 1 aliphatic rings. The Morgan fingerprint density at radius 3 is 2.85 bits per heavy atom. The fourth-order valence-electron chi connectivity index (χ4n) is 2.27. The number of thiol groups is 1. The summed E-state index contributed by atoms with van der Waals surface area (Å²) in [5, 5.41) is 5.01. The van der Waals surface area contributed by atoms with E-state index in [2.05, 4.69) is 37.0 Å². The average Bonchev–Trinajstić information content (AvgIpc) is 2.82. The molecule has 1 aromatic carbocycles. The molecule has 0 fully saturated rings. The largest absolute Gasteiger partial charge is 0.392 e. The van der Waals surface area contributed by atoms with Crippen LogP contribution in [0.25, 0.3) is 0 Å². The minimum Gasteiger partial charge on any atom is -0.392 e. The Labute approximate surface area is 136 Å². The first kappa shape index (κ1) is 16.0. The molecular formula is C13H15Br2NO3S. The third-order valence-electron chi connectivity index (χ3n) is 3.24. The summed E-state index contributed by atoms with van der Waals surface area (Å²) in [6, 6.07) is 3.71. The summed E-state index contributed by atoms with van der Waals surface area (Å²) < 4.78 is 23.0. The van der Waals surface area contributed by atoms with E-state index >= 15 is 0 Å². The third-order valence-corrected chi connectivity index (χ3v) is 5.15. The maximum Gasteiger partial charge on any atom is 0.144 e. The Bertz CT molecular complexity index is 606. The van der Waals surface area contributed by atoms with Gasteiger partial charge in [-0.1, -0.05) is 43.1 Å². The van der Waals surface area contributed by atoms with Crippen molar-refractivity contribution >= 4 is 48.3 Å². The molecule has 1 aromatic rings. The molecule has 0 radical (unpaired) electrons. The molecular weight excluding hydrogens is 410 g/mol. The van der Waals surface area contributed by atoms with E-state index in [9.17, 15) is 8.42 Å². The van der Waals surface area contributed by atoms with E-state index in [1.807, 2.05) is 19.1 Å². The van der Waals surface area contributed by atoms with Crippen LogP contribution >= 0.6 is 31.9 Å². The van der Waals surface area contributed by atoms with Crippen LogP contribution < -0.4 is 0 Å². The number of hydrogen-bond acceptors (Lipinski definition) is 4. The molecule has 0 amide bonds. The van der Waals surface area contributed by atoms with E-state index in [1.165, 1.54) is 0 Å². The molecule has 0 bridgehead atoms. The van der Waals surface area contributed by atoms with Gasteiger partial charge in [-0.25, -0.2) is 8.42 Å². The zero-order valence-corrected chi connectivity index (χ0v) is 15.0. The predicted molar refractivity (Wildman–Crippen MR) is 87.3 cm³/mol. The van der Waals surface area contributed by atoms with Gasteiger partial charge in [-0.2, -0.15) is 0 Å². The summed E-state index contributed by atoms with van der Waals surface area (Å²) in [5.74, 6) is 0.0287. The number of nitrogens with zero attached hydrogens (tertiary/aromatic N) is 1. The zero-order chi connectivity index (χ0) is 14.7. The van der Waals surface area contributed by atoms with Gasteiger partial charge in [0.2, 0.25) is 0 Å². The number of benzene rings is 1. The van der Waals surface area contributed by atoms with Gasteiger partial charge in [-0.3, -0.25) is 0 Å². The van der Waals surface area contributed by atoms with Crippen molar-refractivity contribution < 1.29 is 13.3 Å². The van der Waals surface area contributed by atoms with E-state index in [0.29, 0.717) is 6.42 Å². The average molecular weight is 425 g/mol. The van der Waals surface area contributed by atoms with Crippen molar-refractivity contribution in [3.05, 3.63) is 33.3 Å². The second kappa shape index (κ2) is 7.04. The van der Waals surface area contributed by atoms with Crippen LogP contribution in [0.2, 0.25) is 0 Å². The van der Waals surface area contributed by atoms with Gasteiger partial charge >= 0.3 is 0 Å². The molecule has 7 heteroatoms. The standard InChI is InChI=1S/C13H15Br2NO3S/c1-8-11(15)3-2-9(7-20(17)18)13(8)12-6-10(4-5-14)19-16-12/h2-3,10,20H,4-7H2,1H3. The Kier molecular flexibility index (Phi) is 5.63. The van der Waals surface area contributed by atoms with Crippen molar-refractivity contribution in [2.24, 2.45) is 5.16 Å². The summed E-state index contributed by atoms with van der Waals surface area (Å²) in [6.45, 7) is 1.96. The molecule has 0 saturated heterocycles. The quantitative estimate of drug-likeness (QED) is 0.583. The van der Waals surface area contributed by atoms with Crippen molar-refractivity contribution in [2.45, 2.75) is 31.6 Å². The van der Waals surface area contributed by atoms with Crippen LogP contribution in [0.15, 0.2) is 21.8 Å². The minimum atomic E-state index is -2.47. The third kappa shape index (κ3) is 3.62. The predicted octanol–water partition coefficient (Wildman–Crippen LogP) is 3.15. The molecule has 110 valence electrons. The molecule has 4 nitrogen and oxygen atoms in total. The van der Waals surface area contributed by atoms with Crippen molar-refractivity contribution in [2.75, 3.05) is 5.33 Å². The van der Waals surface area contributed by atoms with E-state index in [1.54, 1.807) is 0 Å². The van der Waals surface area contributed by atoms with Crippen LogP contribution in [0.3, 0.4) is 0 Å². The summed E-state index contributed by atoms with van der Waals surface area (Å²) in [6.07, 6.45) is 1.66. The highest BCUT2D eigenvalue weighted by atomic mass is 79.9. The lowest BCUT2D eigenvalue weighted by atomic mass is 9.95. The van der Waals surface area contributed by atoms with Gasteiger partial charge in [0.15, 0.2) is 0 Å². The monoisotopic (exact) mass is 423 g/mol. The van der Waals surface area contributed by atoms with E-state index in [0.717, 1.165) is 38.6 Å². The Balaban J connectivity index is 2.37. The topological polar surface area (TPSA) is 55.7 Å². The molecule has 0 spiro atoms. The van der Waals surface area contributed by atoms with E-state index in [4.69, 9.17) is 4.84 Å². The van der Waals surface area contributed by atoms with Crippen LogP contribution in [0.5, 0.6) is 0 Å². The van der Waals surface area contributed by atoms with E-state index in [-0.39, 0.29) is 11.9 Å². The van der Waals surface area contributed by atoms with Crippen molar-refractivity contribution in [3.8, 4) is 0 Å². The smallest absolute Gasteiger partial charge is 0.144 e. The maximum atomic E-state index is 11.0. The van der Waals surface area contributed by atoms with Gasteiger partial charge in [0.25, 0.3) is 0 Å². The molecule has 0 aromatic heterocycles. The second-order valence-electron chi connectivity index (χ2n) is 4.64. The van der Waals surface area contributed by atoms with Gasteiger partial charge in [0.05, 0.1) is 11.5 Å². The number of halogens is 2. The number of rotatable bonds is 5. The van der Waals surface area contributed by atoms with Gasteiger partial charge in [0.1, 0.15) is 16.8 Å². The molecule has 1 unspecified atom stereocenters. The highest BCUT2D eigenvalue weighted by molar-refractivity contribution is 9.10. The SMILES string of the molecule is Cc1c(Br)ccc(C[SH](=O)=O)c1C1=NOC(CCBr)C1. The highest BCUT2D eigenvalue weighted by Gasteiger charge is 2.25.